The van der Waals surface area contributed by atoms with Gasteiger partial charge in [0.2, 0.25) is 0 Å². The Morgan fingerprint density at radius 1 is 0.708 bits per heavy atom. The number of nitrogens with zero attached hydrogens (tertiary/aromatic N) is 1. The number of benzene rings is 2. The van der Waals surface area contributed by atoms with E-state index in [4.69, 9.17) is 5.84 Å². The largest absolute Gasteiger partial charge is 0.269 e. The molecule has 0 aliphatic heterocycles. The second kappa shape index (κ2) is 6.70. The zero-order chi connectivity index (χ0) is 18.0. The van der Waals surface area contributed by atoms with Crippen LogP contribution in [0.2, 0.25) is 0 Å². The molecular weight excluding hydrogens is 348 g/mol. The van der Waals surface area contributed by atoms with E-state index in [-0.39, 0.29) is 13.6 Å². The van der Waals surface area contributed by atoms with Crippen molar-refractivity contribution in [1.29, 1.82) is 0 Å². The number of sulfonamides is 2. The van der Waals surface area contributed by atoms with Gasteiger partial charge in [-0.15, -0.1) is 0 Å². The van der Waals surface area contributed by atoms with Crippen LogP contribution < -0.4 is 5.84 Å². The number of rotatable bonds is 6. The molecule has 0 aromatic heterocycles. The highest BCUT2D eigenvalue weighted by molar-refractivity contribution is 8.04. The molecule has 0 atom stereocenters. The summed E-state index contributed by atoms with van der Waals surface area (Å²) >= 11 is 0. The van der Waals surface area contributed by atoms with Gasteiger partial charge in [0.15, 0.2) is 0 Å². The summed E-state index contributed by atoms with van der Waals surface area (Å²) in [4.78, 5) is -0.469. The monoisotopic (exact) mass is 364 g/mol. The Bertz CT molecular complexity index is 880. The molecule has 2 aromatic carbocycles. The Balaban J connectivity index is 2.44. The number of hydrogen-bond donors (Lipinski definition) is 1. The summed E-state index contributed by atoms with van der Waals surface area (Å²) in [5.41, 5.74) is 1.39. The standard InChI is InChI=1S/C16H16N2O4S2/c1-3-13-5-9-15(10-6-13)23(19,20)18(17)24(21,22)16-11-7-14(4-2)8-12-16/h3-12H,1-2,17H2. The van der Waals surface area contributed by atoms with Crippen LogP contribution >= 0.6 is 0 Å². The van der Waals surface area contributed by atoms with Crippen molar-refractivity contribution in [3.05, 3.63) is 72.8 Å². The highest BCUT2D eigenvalue weighted by Gasteiger charge is 2.34. The summed E-state index contributed by atoms with van der Waals surface area (Å²) in [6.45, 7) is 7.13. The van der Waals surface area contributed by atoms with E-state index in [2.05, 4.69) is 13.2 Å². The van der Waals surface area contributed by atoms with E-state index in [1.54, 1.807) is 0 Å². The molecule has 0 bridgehead atoms. The van der Waals surface area contributed by atoms with E-state index < -0.39 is 20.0 Å². The predicted molar refractivity (Wildman–Crippen MR) is 93.5 cm³/mol. The van der Waals surface area contributed by atoms with Crippen molar-refractivity contribution in [1.82, 2.24) is 3.82 Å². The van der Waals surface area contributed by atoms with Gasteiger partial charge in [0.25, 0.3) is 20.0 Å². The summed E-state index contributed by atoms with van der Waals surface area (Å²) in [5.74, 6) is 5.45. The first-order valence-corrected chi connectivity index (χ1v) is 9.61. The SMILES string of the molecule is C=Cc1ccc(S(=O)(=O)N(N)S(=O)(=O)c2ccc(C=C)cc2)cc1. The van der Waals surface area contributed by atoms with Crippen LogP contribution in [0.1, 0.15) is 11.1 Å². The van der Waals surface area contributed by atoms with E-state index in [9.17, 15) is 16.8 Å². The van der Waals surface area contributed by atoms with Crippen LogP contribution in [-0.4, -0.2) is 20.7 Å². The maximum absolute atomic E-state index is 12.5. The lowest BCUT2D eigenvalue weighted by molar-refractivity contribution is 0.506. The van der Waals surface area contributed by atoms with Gasteiger partial charge in [-0.3, -0.25) is 0 Å². The minimum atomic E-state index is -4.42. The summed E-state index contributed by atoms with van der Waals surface area (Å²) in [6.07, 6.45) is 3.07. The van der Waals surface area contributed by atoms with Crippen molar-refractivity contribution in [2.24, 2.45) is 5.84 Å². The molecule has 0 radical (unpaired) electrons. The lowest BCUT2D eigenvalue weighted by atomic mass is 10.2. The Kier molecular flexibility index (Phi) is 5.05. The Hall–Kier alpha value is -2.26. The van der Waals surface area contributed by atoms with Gasteiger partial charge >= 0.3 is 0 Å². The fourth-order valence-electron chi connectivity index (χ4n) is 1.89. The third-order valence-corrected chi connectivity index (χ3v) is 7.16. The second-order valence-electron chi connectivity index (χ2n) is 4.78. The molecule has 0 saturated heterocycles. The molecule has 2 N–H and O–H groups in total. The Labute approximate surface area is 141 Å². The zero-order valence-corrected chi connectivity index (χ0v) is 14.3. The maximum atomic E-state index is 12.5. The van der Waals surface area contributed by atoms with Crippen molar-refractivity contribution in [3.63, 3.8) is 0 Å². The molecule has 0 unspecified atom stereocenters. The summed E-state index contributed by atoms with van der Waals surface area (Å²) in [6, 6.07) is 11.1. The van der Waals surface area contributed by atoms with Crippen molar-refractivity contribution >= 4 is 32.2 Å². The van der Waals surface area contributed by atoms with Gasteiger partial charge in [-0.05, 0) is 39.2 Å². The Morgan fingerprint density at radius 2 is 1.00 bits per heavy atom. The van der Waals surface area contributed by atoms with E-state index in [1.807, 2.05) is 0 Å². The molecule has 2 aromatic rings. The van der Waals surface area contributed by atoms with Gasteiger partial charge in [-0.2, -0.15) is 0 Å². The third kappa shape index (κ3) is 3.31. The van der Waals surface area contributed by atoms with Crippen LogP contribution in [0.25, 0.3) is 12.2 Å². The molecule has 0 aliphatic carbocycles. The topological polar surface area (TPSA) is 97.5 Å². The molecule has 0 aliphatic rings. The number of hydrogen-bond acceptors (Lipinski definition) is 5. The highest BCUT2D eigenvalue weighted by Crippen LogP contribution is 2.22. The van der Waals surface area contributed by atoms with Crippen LogP contribution in [0, 0.1) is 0 Å². The molecule has 8 heteroatoms. The van der Waals surface area contributed by atoms with Crippen LogP contribution in [0.3, 0.4) is 0 Å². The van der Waals surface area contributed by atoms with E-state index >= 15 is 0 Å². The maximum Gasteiger partial charge on any atom is 0.269 e. The quantitative estimate of drug-likeness (QED) is 0.626. The number of hydrazine groups is 1. The first kappa shape index (κ1) is 18.1. The predicted octanol–water partition coefficient (Wildman–Crippen LogP) is 2.23. The van der Waals surface area contributed by atoms with Crippen molar-refractivity contribution in [2.45, 2.75) is 9.79 Å². The summed E-state index contributed by atoms with van der Waals surface area (Å²) in [7, 11) is -8.83. The van der Waals surface area contributed by atoms with Crippen LogP contribution in [-0.2, 0) is 20.0 Å². The van der Waals surface area contributed by atoms with Crippen LogP contribution in [0.4, 0.5) is 0 Å². The van der Waals surface area contributed by atoms with Gasteiger partial charge < -0.3 is 0 Å². The molecule has 0 heterocycles. The van der Waals surface area contributed by atoms with Gasteiger partial charge in [-0.1, -0.05) is 49.6 Å². The fraction of sp³-hybridized carbons (Fsp3) is 0. The van der Waals surface area contributed by atoms with E-state index in [1.165, 1.54) is 60.7 Å². The normalized spacial score (nSPS) is 12.1. The lowest BCUT2D eigenvalue weighted by Crippen LogP contribution is -2.42. The van der Waals surface area contributed by atoms with Crippen LogP contribution in [0.5, 0.6) is 0 Å². The molecule has 126 valence electrons. The molecule has 0 amide bonds. The molecule has 24 heavy (non-hydrogen) atoms. The fourth-order valence-corrected chi connectivity index (χ4v) is 4.81. The van der Waals surface area contributed by atoms with Crippen LogP contribution in [0.15, 0.2) is 71.5 Å². The van der Waals surface area contributed by atoms with E-state index in [0.717, 1.165) is 0 Å². The highest BCUT2D eigenvalue weighted by atomic mass is 32.3. The second-order valence-corrected chi connectivity index (χ2v) is 8.64. The molecule has 0 fully saturated rings. The van der Waals surface area contributed by atoms with Gasteiger partial charge in [0, 0.05) is 0 Å². The molecule has 2 rings (SSSR count). The average molecular weight is 364 g/mol. The minimum absolute atomic E-state index is 0.119. The first-order valence-electron chi connectivity index (χ1n) is 6.73. The van der Waals surface area contributed by atoms with Gasteiger partial charge in [0.05, 0.1) is 9.79 Å². The van der Waals surface area contributed by atoms with E-state index in [0.29, 0.717) is 11.1 Å². The molecular formula is C16H16N2O4S2. The molecule has 0 spiro atoms. The van der Waals surface area contributed by atoms with Crippen molar-refractivity contribution in [2.75, 3.05) is 0 Å². The summed E-state index contributed by atoms with van der Waals surface area (Å²) < 4.78 is 49.7. The van der Waals surface area contributed by atoms with Gasteiger partial charge in [0.1, 0.15) is 0 Å². The molecule has 6 nitrogen and oxygen atoms in total. The molecule has 0 saturated carbocycles. The third-order valence-electron chi connectivity index (χ3n) is 3.30. The minimum Gasteiger partial charge on any atom is -0.240 e. The smallest absolute Gasteiger partial charge is 0.240 e. The Morgan fingerprint density at radius 3 is 1.25 bits per heavy atom. The van der Waals surface area contributed by atoms with Crippen molar-refractivity contribution < 1.29 is 16.8 Å². The lowest BCUT2D eigenvalue weighted by Gasteiger charge is -2.17. The average Bonchev–Trinajstić information content (AvgIpc) is 2.61. The van der Waals surface area contributed by atoms with Crippen molar-refractivity contribution in [3.8, 4) is 0 Å². The zero-order valence-electron chi connectivity index (χ0n) is 12.7. The number of nitrogens with two attached hydrogens (primary N) is 1. The van der Waals surface area contributed by atoms with Gasteiger partial charge in [-0.25, -0.2) is 22.7 Å². The summed E-state index contributed by atoms with van der Waals surface area (Å²) in [5, 5.41) is 0. The first-order chi connectivity index (χ1) is 11.2.